The van der Waals surface area contributed by atoms with Crippen molar-refractivity contribution in [1.29, 1.82) is 0 Å². The lowest BCUT2D eigenvalue weighted by atomic mass is 9.97. The molecule has 2 N–H and O–H groups in total. The molecule has 0 aromatic carbocycles. The van der Waals surface area contributed by atoms with Crippen LogP contribution in [0.15, 0.2) is 15.9 Å². The van der Waals surface area contributed by atoms with Gasteiger partial charge in [0.2, 0.25) is 5.91 Å². The summed E-state index contributed by atoms with van der Waals surface area (Å²) in [4.78, 5) is 18.3. The fourth-order valence-electron chi connectivity index (χ4n) is 3.30. The van der Waals surface area contributed by atoms with E-state index >= 15 is 0 Å². The predicted molar refractivity (Wildman–Crippen MR) is 104 cm³/mol. The molecule has 1 saturated heterocycles. The summed E-state index contributed by atoms with van der Waals surface area (Å²) >= 11 is 5.29. The largest absolute Gasteiger partial charge is 0.339 e. The van der Waals surface area contributed by atoms with E-state index in [2.05, 4.69) is 33.0 Å². The van der Waals surface area contributed by atoms with Gasteiger partial charge in [-0.05, 0) is 40.9 Å². The third kappa shape index (κ3) is 5.06. The van der Waals surface area contributed by atoms with Crippen molar-refractivity contribution in [1.82, 2.24) is 9.80 Å². The average molecular weight is 445 g/mol. The van der Waals surface area contributed by atoms with Crippen molar-refractivity contribution in [3.63, 3.8) is 0 Å². The van der Waals surface area contributed by atoms with Crippen molar-refractivity contribution >= 4 is 58.0 Å². The van der Waals surface area contributed by atoms with Gasteiger partial charge in [-0.3, -0.25) is 9.69 Å². The van der Waals surface area contributed by atoms with Crippen molar-refractivity contribution in [2.24, 2.45) is 5.73 Å². The Kier molecular flexibility index (Phi) is 8.31. The maximum atomic E-state index is 12.6. The van der Waals surface area contributed by atoms with Gasteiger partial charge in [-0.15, -0.1) is 36.2 Å². The van der Waals surface area contributed by atoms with Crippen molar-refractivity contribution in [3.05, 3.63) is 20.8 Å². The number of thiophene rings is 1. The van der Waals surface area contributed by atoms with Crippen molar-refractivity contribution in [2.75, 3.05) is 26.2 Å². The van der Waals surface area contributed by atoms with Gasteiger partial charge in [-0.25, -0.2) is 0 Å². The highest BCUT2D eigenvalue weighted by atomic mass is 79.9. The lowest BCUT2D eigenvalue weighted by molar-refractivity contribution is -0.138. The summed E-state index contributed by atoms with van der Waals surface area (Å²) in [6, 6.07) is 4.26. The van der Waals surface area contributed by atoms with E-state index < -0.39 is 5.54 Å². The standard InChI is InChI=1S/C15H22BrN3OS.2ClH/c16-13-4-3-12(21-13)11-18-7-9-19(10-8-18)14(20)15(17)5-1-2-6-15;;/h3-4H,1-2,5-11,17H2;2*1H. The van der Waals surface area contributed by atoms with Crippen LogP contribution >= 0.6 is 52.1 Å². The van der Waals surface area contributed by atoms with Crippen molar-refractivity contribution in [2.45, 2.75) is 37.8 Å². The fraction of sp³-hybridized carbons (Fsp3) is 0.667. The monoisotopic (exact) mass is 443 g/mol. The Bertz CT molecular complexity index is 515. The Morgan fingerprint density at radius 2 is 1.78 bits per heavy atom. The van der Waals surface area contributed by atoms with Gasteiger partial charge in [-0.2, -0.15) is 0 Å². The molecule has 1 aromatic rings. The molecule has 1 aliphatic carbocycles. The number of carbonyl (C=O) groups excluding carboxylic acids is 1. The number of rotatable bonds is 3. The van der Waals surface area contributed by atoms with E-state index in [4.69, 9.17) is 5.73 Å². The third-order valence-corrected chi connectivity index (χ3v) is 6.20. The van der Waals surface area contributed by atoms with Gasteiger partial charge in [0, 0.05) is 37.6 Å². The number of hydrogen-bond donors (Lipinski definition) is 1. The van der Waals surface area contributed by atoms with Crippen LogP contribution in [0.25, 0.3) is 0 Å². The molecule has 3 rings (SSSR count). The fourth-order valence-corrected chi connectivity index (χ4v) is 4.83. The molecule has 132 valence electrons. The van der Waals surface area contributed by atoms with Crippen LogP contribution in [0, 0.1) is 0 Å². The molecule has 2 fully saturated rings. The van der Waals surface area contributed by atoms with E-state index in [1.54, 1.807) is 11.3 Å². The Hall–Kier alpha value is 0.150. The van der Waals surface area contributed by atoms with Crippen LogP contribution in [0.1, 0.15) is 30.6 Å². The highest BCUT2D eigenvalue weighted by Crippen LogP contribution is 2.29. The van der Waals surface area contributed by atoms with Crippen LogP contribution in [0.3, 0.4) is 0 Å². The van der Waals surface area contributed by atoms with E-state index in [0.29, 0.717) is 0 Å². The molecule has 2 aliphatic rings. The second-order valence-electron chi connectivity index (χ2n) is 6.14. The molecule has 0 unspecified atom stereocenters. The average Bonchev–Trinajstić information content (AvgIpc) is 3.09. The minimum atomic E-state index is -0.569. The molecule has 1 aromatic heterocycles. The first-order valence-corrected chi connectivity index (χ1v) is 9.23. The first-order valence-electron chi connectivity index (χ1n) is 7.62. The Balaban J connectivity index is 0.00000132. The Morgan fingerprint density at radius 3 is 2.30 bits per heavy atom. The molecule has 2 heterocycles. The zero-order valence-corrected chi connectivity index (χ0v) is 17.0. The summed E-state index contributed by atoms with van der Waals surface area (Å²) in [6.45, 7) is 4.48. The van der Waals surface area contributed by atoms with Crippen LogP contribution in [0.5, 0.6) is 0 Å². The van der Waals surface area contributed by atoms with Gasteiger partial charge in [0.05, 0.1) is 9.33 Å². The lowest BCUT2D eigenvalue weighted by Gasteiger charge is -2.38. The molecule has 0 atom stereocenters. The molecule has 1 amide bonds. The van der Waals surface area contributed by atoms with Gasteiger partial charge in [0.15, 0.2) is 0 Å². The topological polar surface area (TPSA) is 49.6 Å². The third-order valence-electron chi connectivity index (χ3n) is 4.59. The Labute approximate surface area is 162 Å². The van der Waals surface area contributed by atoms with Gasteiger partial charge >= 0.3 is 0 Å². The van der Waals surface area contributed by atoms with Crippen LogP contribution in [0.2, 0.25) is 0 Å². The second-order valence-corrected chi connectivity index (χ2v) is 8.68. The number of nitrogens with two attached hydrogens (primary N) is 1. The number of nitrogens with zero attached hydrogens (tertiary/aromatic N) is 2. The quantitative estimate of drug-likeness (QED) is 0.778. The summed E-state index contributed by atoms with van der Waals surface area (Å²) in [5.41, 5.74) is 5.72. The number of halogens is 3. The van der Waals surface area contributed by atoms with Gasteiger partial charge < -0.3 is 10.6 Å². The summed E-state index contributed by atoms with van der Waals surface area (Å²) in [6.07, 6.45) is 3.90. The van der Waals surface area contributed by atoms with Crippen molar-refractivity contribution in [3.8, 4) is 0 Å². The van der Waals surface area contributed by atoms with Crippen LogP contribution in [-0.4, -0.2) is 47.4 Å². The SMILES string of the molecule is Cl.Cl.NC1(C(=O)N2CCN(Cc3ccc(Br)s3)CC2)CCCC1. The lowest BCUT2D eigenvalue weighted by Crippen LogP contribution is -2.58. The van der Waals surface area contributed by atoms with E-state index in [0.717, 1.165) is 58.4 Å². The zero-order valence-electron chi connectivity index (χ0n) is 13.0. The Morgan fingerprint density at radius 1 is 1.17 bits per heavy atom. The second kappa shape index (κ2) is 9.02. The smallest absolute Gasteiger partial charge is 0.242 e. The molecule has 0 spiro atoms. The van der Waals surface area contributed by atoms with Crippen LogP contribution < -0.4 is 5.73 Å². The highest BCUT2D eigenvalue weighted by Gasteiger charge is 2.40. The number of carbonyl (C=O) groups is 1. The van der Waals surface area contributed by atoms with E-state index in [-0.39, 0.29) is 30.7 Å². The molecule has 0 bridgehead atoms. The molecular weight excluding hydrogens is 421 g/mol. The first kappa shape index (κ1) is 21.2. The predicted octanol–water partition coefficient (Wildman–Crippen LogP) is 3.27. The summed E-state index contributed by atoms with van der Waals surface area (Å²) in [7, 11) is 0. The maximum absolute atomic E-state index is 12.6. The van der Waals surface area contributed by atoms with E-state index in [1.165, 1.54) is 8.66 Å². The summed E-state index contributed by atoms with van der Waals surface area (Å²) in [5, 5.41) is 0. The molecule has 4 nitrogen and oxygen atoms in total. The van der Waals surface area contributed by atoms with Gasteiger partial charge in [0.25, 0.3) is 0 Å². The van der Waals surface area contributed by atoms with Crippen LogP contribution in [-0.2, 0) is 11.3 Å². The number of hydrogen-bond acceptors (Lipinski definition) is 4. The molecule has 23 heavy (non-hydrogen) atoms. The number of piperazine rings is 1. The first-order chi connectivity index (χ1) is 10.1. The normalized spacial score (nSPS) is 20.7. The highest BCUT2D eigenvalue weighted by molar-refractivity contribution is 9.11. The summed E-state index contributed by atoms with van der Waals surface area (Å²) in [5.74, 6) is 0.179. The van der Waals surface area contributed by atoms with Gasteiger partial charge in [-0.1, -0.05) is 12.8 Å². The van der Waals surface area contributed by atoms with E-state index in [9.17, 15) is 4.79 Å². The van der Waals surface area contributed by atoms with Crippen LogP contribution in [0.4, 0.5) is 0 Å². The minimum Gasteiger partial charge on any atom is -0.339 e. The number of amides is 1. The van der Waals surface area contributed by atoms with Gasteiger partial charge in [0.1, 0.15) is 0 Å². The molecule has 1 saturated carbocycles. The minimum absolute atomic E-state index is 0. The zero-order chi connectivity index (χ0) is 14.9. The van der Waals surface area contributed by atoms with Crippen molar-refractivity contribution < 1.29 is 4.79 Å². The molecule has 1 aliphatic heterocycles. The molecule has 0 radical (unpaired) electrons. The molecule has 8 heteroatoms. The molecular formula is C15H24BrCl2N3OS. The van der Waals surface area contributed by atoms with E-state index in [1.807, 2.05) is 4.90 Å². The summed E-state index contributed by atoms with van der Waals surface area (Å²) < 4.78 is 1.18. The maximum Gasteiger partial charge on any atom is 0.242 e.